The summed E-state index contributed by atoms with van der Waals surface area (Å²) in [5.41, 5.74) is 4.11. The molecule has 2 aromatic heterocycles. The average Bonchev–Trinajstić information content (AvgIpc) is 3.31. The van der Waals surface area contributed by atoms with E-state index in [0.29, 0.717) is 19.7 Å². The van der Waals surface area contributed by atoms with Gasteiger partial charge in [0, 0.05) is 29.3 Å². The second kappa shape index (κ2) is 6.67. The largest absolute Gasteiger partial charge is 0.448 e. The van der Waals surface area contributed by atoms with Crippen molar-refractivity contribution in [2.24, 2.45) is 0 Å². The third-order valence-electron chi connectivity index (χ3n) is 5.49. The van der Waals surface area contributed by atoms with Crippen LogP contribution in [0.5, 0.6) is 0 Å². The van der Waals surface area contributed by atoms with Crippen molar-refractivity contribution in [3.63, 3.8) is 0 Å². The molecule has 4 heterocycles. The number of rotatable bonds is 3. The Morgan fingerprint density at radius 1 is 1.18 bits per heavy atom. The number of para-hydroxylation sites is 1. The van der Waals surface area contributed by atoms with Crippen LogP contribution in [0, 0.1) is 0 Å². The summed E-state index contributed by atoms with van der Waals surface area (Å²) in [5.74, 6) is -0.0983. The number of pyridine rings is 1. The maximum absolute atomic E-state index is 13.1. The van der Waals surface area contributed by atoms with Gasteiger partial charge in [0.15, 0.2) is 0 Å². The van der Waals surface area contributed by atoms with Gasteiger partial charge in [-0.25, -0.2) is 4.79 Å². The van der Waals surface area contributed by atoms with Crippen LogP contribution < -0.4 is 0 Å². The molecule has 5 rings (SSSR count). The first-order valence-electron chi connectivity index (χ1n) is 9.44. The van der Waals surface area contributed by atoms with Gasteiger partial charge in [-0.05, 0) is 30.2 Å². The third-order valence-corrected chi connectivity index (χ3v) is 5.49. The lowest BCUT2D eigenvalue weighted by atomic mass is 9.94. The lowest BCUT2D eigenvalue weighted by Gasteiger charge is -2.36. The van der Waals surface area contributed by atoms with Crippen molar-refractivity contribution in [3.8, 4) is 0 Å². The van der Waals surface area contributed by atoms with Gasteiger partial charge in [0.2, 0.25) is 5.91 Å². The molecule has 2 aliphatic heterocycles. The number of carbonyl (C=O) groups excluding carboxylic acids is 2. The van der Waals surface area contributed by atoms with Gasteiger partial charge >= 0.3 is 6.09 Å². The zero-order valence-corrected chi connectivity index (χ0v) is 15.3. The molecule has 0 radical (unpaired) electrons. The normalized spacial score (nSPS) is 19.0. The van der Waals surface area contributed by atoms with Gasteiger partial charge in [-0.3, -0.25) is 14.7 Å². The van der Waals surface area contributed by atoms with Gasteiger partial charge in [-0.1, -0.05) is 24.3 Å². The van der Waals surface area contributed by atoms with Gasteiger partial charge in [-0.15, -0.1) is 0 Å². The van der Waals surface area contributed by atoms with E-state index in [1.54, 1.807) is 6.20 Å². The van der Waals surface area contributed by atoms with Crippen molar-refractivity contribution >= 4 is 22.9 Å². The molecule has 142 valence electrons. The topological polar surface area (TPSA) is 78.5 Å². The molecular formula is C21H20N4O3. The SMILES string of the molecule is O=C1OCCN1CC(=O)N1CCc2c([nH]c3ccccc23)[C@H]1c1ccccn1. The number of hydrogen-bond donors (Lipinski definition) is 1. The Labute approximate surface area is 161 Å². The third kappa shape index (κ3) is 2.70. The summed E-state index contributed by atoms with van der Waals surface area (Å²) < 4.78 is 4.96. The predicted molar refractivity (Wildman–Crippen MR) is 103 cm³/mol. The van der Waals surface area contributed by atoms with Crippen molar-refractivity contribution in [2.75, 3.05) is 26.2 Å². The predicted octanol–water partition coefficient (Wildman–Crippen LogP) is 2.49. The fourth-order valence-corrected chi connectivity index (χ4v) is 4.18. The minimum absolute atomic E-state index is 0.0255. The number of cyclic esters (lactones) is 1. The molecule has 7 heteroatoms. The van der Waals surface area contributed by atoms with Crippen LogP contribution in [-0.2, 0) is 16.0 Å². The maximum atomic E-state index is 13.1. The highest BCUT2D eigenvalue weighted by Gasteiger charge is 2.36. The number of aromatic nitrogens is 2. The van der Waals surface area contributed by atoms with Crippen molar-refractivity contribution in [3.05, 3.63) is 65.6 Å². The highest BCUT2D eigenvalue weighted by Crippen LogP contribution is 2.37. The van der Waals surface area contributed by atoms with Crippen LogP contribution in [0.1, 0.15) is 23.0 Å². The molecule has 0 aliphatic carbocycles. The van der Waals surface area contributed by atoms with Crippen LogP contribution in [0.25, 0.3) is 10.9 Å². The molecule has 0 saturated carbocycles. The summed E-state index contributed by atoms with van der Waals surface area (Å²) in [4.78, 5) is 36.2. The number of amides is 2. The Kier molecular flexibility index (Phi) is 4.00. The van der Waals surface area contributed by atoms with Crippen molar-refractivity contribution in [1.29, 1.82) is 0 Å². The van der Waals surface area contributed by atoms with Gasteiger partial charge in [0.05, 0.1) is 12.2 Å². The Morgan fingerprint density at radius 2 is 2.04 bits per heavy atom. The van der Waals surface area contributed by atoms with Crippen LogP contribution in [0.15, 0.2) is 48.7 Å². The summed E-state index contributed by atoms with van der Waals surface area (Å²) in [5, 5.41) is 1.19. The number of fused-ring (bicyclic) bond motifs is 3. The Balaban J connectivity index is 1.55. The lowest BCUT2D eigenvalue weighted by molar-refractivity contribution is -0.134. The number of ether oxygens (including phenoxy) is 1. The number of nitrogens with one attached hydrogen (secondary N) is 1. The van der Waals surface area contributed by atoms with E-state index in [4.69, 9.17) is 4.74 Å². The van der Waals surface area contributed by atoms with E-state index in [-0.39, 0.29) is 18.5 Å². The van der Waals surface area contributed by atoms with Crippen LogP contribution in [0.2, 0.25) is 0 Å². The monoisotopic (exact) mass is 376 g/mol. The Bertz CT molecular complexity index is 1050. The minimum atomic E-state index is -0.425. The van der Waals surface area contributed by atoms with Gasteiger partial charge in [0.25, 0.3) is 0 Å². The van der Waals surface area contributed by atoms with Crippen LogP contribution >= 0.6 is 0 Å². The maximum Gasteiger partial charge on any atom is 0.410 e. The first-order valence-corrected chi connectivity index (χ1v) is 9.44. The molecule has 1 saturated heterocycles. The highest BCUT2D eigenvalue weighted by molar-refractivity contribution is 5.87. The molecule has 0 unspecified atom stereocenters. The van der Waals surface area contributed by atoms with E-state index in [9.17, 15) is 9.59 Å². The Morgan fingerprint density at radius 3 is 2.82 bits per heavy atom. The summed E-state index contributed by atoms with van der Waals surface area (Å²) in [6.45, 7) is 1.39. The number of aromatic amines is 1. The number of nitrogens with zero attached hydrogens (tertiary/aromatic N) is 3. The van der Waals surface area contributed by atoms with Gasteiger partial charge < -0.3 is 14.6 Å². The summed E-state index contributed by atoms with van der Waals surface area (Å²) >= 11 is 0. The van der Waals surface area contributed by atoms with E-state index in [1.165, 1.54) is 15.8 Å². The number of hydrogen-bond acceptors (Lipinski definition) is 4. The molecule has 2 aliphatic rings. The molecule has 0 bridgehead atoms. The molecule has 2 amide bonds. The highest BCUT2D eigenvalue weighted by atomic mass is 16.6. The molecule has 1 atom stereocenters. The molecule has 7 nitrogen and oxygen atoms in total. The van der Waals surface area contributed by atoms with Crippen molar-refractivity contribution in [2.45, 2.75) is 12.5 Å². The number of carbonyl (C=O) groups is 2. The van der Waals surface area contributed by atoms with E-state index in [0.717, 1.165) is 23.3 Å². The standard InChI is InChI=1S/C21H20N4O3/c26-18(13-24-11-12-28-21(24)27)25-10-8-15-14-5-1-2-6-16(14)23-19(15)20(25)17-7-3-4-9-22-17/h1-7,9,20,23H,8,10-13H2/t20-/m1/s1. The molecule has 3 aromatic rings. The first kappa shape index (κ1) is 16.8. The first-order chi connectivity index (χ1) is 13.7. The molecule has 1 N–H and O–H groups in total. The zero-order valence-electron chi connectivity index (χ0n) is 15.3. The molecular weight excluding hydrogens is 356 g/mol. The van der Waals surface area contributed by atoms with E-state index < -0.39 is 6.09 Å². The van der Waals surface area contributed by atoms with Crippen LogP contribution in [0.4, 0.5) is 4.79 Å². The average molecular weight is 376 g/mol. The van der Waals surface area contributed by atoms with E-state index in [2.05, 4.69) is 22.1 Å². The molecule has 28 heavy (non-hydrogen) atoms. The molecule has 1 fully saturated rings. The summed E-state index contributed by atoms with van der Waals surface area (Å²) in [7, 11) is 0. The van der Waals surface area contributed by atoms with Crippen LogP contribution in [0.3, 0.4) is 0 Å². The summed E-state index contributed by atoms with van der Waals surface area (Å²) in [6, 6.07) is 13.6. The van der Waals surface area contributed by atoms with Gasteiger partial charge in [0.1, 0.15) is 19.2 Å². The van der Waals surface area contributed by atoms with Gasteiger partial charge in [-0.2, -0.15) is 0 Å². The minimum Gasteiger partial charge on any atom is -0.448 e. The van der Waals surface area contributed by atoms with E-state index in [1.807, 2.05) is 35.2 Å². The Hall–Kier alpha value is -3.35. The van der Waals surface area contributed by atoms with E-state index >= 15 is 0 Å². The van der Waals surface area contributed by atoms with Crippen molar-refractivity contribution in [1.82, 2.24) is 19.8 Å². The quantitative estimate of drug-likeness (QED) is 0.762. The lowest BCUT2D eigenvalue weighted by Crippen LogP contribution is -2.46. The molecule has 1 aromatic carbocycles. The zero-order chi connectivity index (χ0) is 19.1. The smallest absolute Gasteiger partial charge is 0.410 e. The summed E-state index contributed by atoms with van der Waals surface area (Å²) in [6.07, 6.45) is 2.08. The second-order valence-corrected chi connectivity index (χ2v) is 7.09. The fraction of sp³-hybridized carbons (Fsp3) is 0.286. The molecule has 0 spiro atoms. The fourth-order valence-electron chi connectivity index (χ4n) is 4.18. The van der Waals surface area contributed by atoms with Crippen LogP contribution in [-0.4, -0.2) is 58.0 Å². The van der Waals surface area contributed by atoms with Crippen molar-refractivity contribution < 1.29 is 14.3 Å². The number of H-pyrrole nitrogens is 1. The second-order valence-electron chi connectivity index (χ2n) is 7.09. The number of benzene rings is 1.